The molecule has 0 saturated carbocycles. The first-order chi connectivity index (χ1) is 14.5. The highest BCUT2D eigenvalue weighted by Gasteiger charge is 2.24. The van der Waals surface area contributed by atoms with E-state index in [4.69, 9.17) is 14.2 Å². The Morgan fingerprint density at radius 2 is 2.17 bits per heavy atom. The number of hydrogen-bond donors (Lipinski definition) is 0. The van der Waals surface area contributed by atoms with Gasteiger partial charge in [0.25, 0.3) is 11.5 Å². The van der Waals surface area contributed by atoms with Crippen molar-refractivity contribution in [3.63, 3.8) is 0 Å². The first-order valence-electron chi connectivity index (χ1n) is 10.00. The fourth-order valence-electron chi connectivity index (χ4n) is 3.42. The van der Waals surface area contributed by atoms with Crippen molar-refractivity contribution in [3.05, 3.63) is 70.7 Å². The molecule has 0 radical (unpaired) electrons. The fourth-order valence-corrected chi connectivity index (χ4v) is 3.42. The Bertz CT molecular complexity index is 947. The van der Waals surface area contributed by atoms with E-state index < -0.39 is 0 Å². The van der Waals surface area contributed by atoms with Gasteiger partial charge in [0.2, 0.25) is 0 Å². The molecule has 2 heterocycles. The van der Waals surface area contributed by atoms with Crippen LogP contribution in [-0.2, 0) is 18.3 Å². The van der Waals surface area contributed by atoms with Crippen molar-refractivity contribution >= 4 is 5.91 Å². The summed E-state index contributed by atoms with van der Waals surface area (Å²) >= 11 is 0. The van der Waals surface area contributed by atoms with Crippen LogP contribution in [0.2, 0.25) is 0 Å². The number of amides is 1. The van der Waals surface area contributed by atoms with E-state index in [9.17, 15) is 9.59 Å². The van der Waals surface area contributed by atoms with Crippen LogP contribution in [0.3, 0.4) is 0 Å². The summed E-state index contributed by atoms with van der Waals surface area (Å²) in [5.41, 5.74) is 1.05. The van der Waals surface area contributed by atoms with E-state index in [1.807, 2.05) is 18.2 Å². The average Bonchev–Trinajstić information content (AvgIpc) is 3.26. The Hall–Kier alpha value is -3.06. The molecule has 1 aromatic heterocycles. The predicted molar refractivity (Wildman–Crippen MR) is 114 cm³/mol. The second-order valence-electron chi connectivity index (χ2n) is 7.27. The van der Waals surface area contributed by atoms with E-state index in [2.05, 4.69) is 6.58 Å². The van der Waals surface area contributed by atoms with Crippen LogP contribution in [0.4, 0.5) is 0 Å². The van der Waals surface area contributed by atoms with Gasteiger partial charge in [-0.2, -0.15) is 0 Å². The molecular formula is C23H28N2O5. The largest absolute Gasteiger partial charge is 0.493 e. The highest BCUT2D eigenvalue weighted by molar-refractivity contribution is 5.94. The Morgan fingerprint density at radius 3 is 2.83 bits per heavy atom. The van der Waals surface area contributed by atoms with Crippen LogP contribution in [0.5, 0.6) is 11.5 Å². The minimum atomic E-state index is -0.219. The van der Waals surface area contributed by atoms with E-state index in [1.54, 1.807) is 37.4 Å². The summed E-state index contributed by atoms with van der Waals surface area (Å²) in [6, 6.07) is 8.63. The number of benzene rings is 1. The fraction of sp³-hybridized carbons (Fsp3) is 0.391. The average molecular weight is 412 g/mol. The van der Waals surface area contributed by atoms with Crippen molar-refractivity contribution in [3.8, 4) is 11.5 Å². The minimum Gasteiger partial charge on any atom is -0.493 e. The summed E-state index contributed by atoms with van der Waals surface area (Å²) in [5.74, 6) is 1.01. The molecule has 0 N–H and O–H groups in total. The van der Waals surface area contributed by atoms with E-state index in [-0.39, 0.29) is 17.6 Å². The molecule has 160 valence electrons. The summed E-state index contributed by atoms with van der Waals surface area (Å²) in [7, 11) is 3.23. The molecule has 7 heteroatoms. The highest BCUT2D eigenvalue weighted by Crippen LogP contribution is 2.29. The predicted octanol–water partition coefficient (Wildman–Crippen LogP) is 2.78. The number of ether oxygens (including phenoxy) is 3. The minimum absolute atomic E-state index is 0.00223. The lowest BCUT2D eigenvalue weighted by molar-refractivity contribution is 0.0507. The lowest BCUT2D eigenvalue weighted by atomic mass is 10.1. The maximum absolute atomic E-state index is 13.2. The number of carbonyl (C=O) groups excluding carboxylic acids is 1. The van der Waals surface area contributed by atoms with Gasteiger partial charge < -0.3 is 23.7 Å². The van der Waals surface area contributed by atoms with Crippen LogP contribution in [0.25, 0.3) is 0 Å². The SMILES string of the molecule is C=CCOc1ccc(CN(C[C@@H]2CCCO2)C(=O)c2ccn(C)c(=O)c2)cc1OC. The molecule has 1 saturated heterocycles. The summed E-state index contributed by atoms with van der Waals surface area (Å²) in [5, 5.41) is 0. The molecule has 3 rings (SSSR count). The maximum atomic E-state index is 13.2. The molecule has 0 bridgehead atoms. The Labute approximate surface area is 176 Å². The zero-order valence-corrected chi connectivity index (χ0v) is 17.5. The first kappa shape index (κ1) is 21.6. The third-order valence-corrected chi connectivity index (χ3v) is 5.04. The smallest absolute Gasteiger partial charge is 0.254 e. The van der Waals surface area contributed by atoms with Gasteiger partial charge in [0.15, 0.2) is 11.5 Å². The van der Waals surface area contributed by atoms with Gasteiger partial charge in [0, 0.05) is 44.6 Å². The van der Waals surface area contributed by atoms with E-state index >= 15 is 0 Å². The van der Waals surface area contributed by atoms with E-state index in [0.717, 1.165) is 18.4 Å². The lowest BCUT2D eigenvalue weighted by Crippen LogP contribution is -2.37. The number of nitrogens with zero attached hydrogens (tertiary/aromatic N) is 2. The lowest BCUT2D eigenvalue weighted by Gasteiger charge is -2.26. The third kappa shape index (κ3) is 5.30. The number of hydrogen-bond acceptors (Lipinski definition) is 5. The van der Waals surface area contributed by atoms with E-state index in [0.29, 0.717) is 43.4 Å². The van der Waals surface area contributed by atoms with Gasteiger partial charge in [-0.3, -0.25) is 9.59 Å². The molecule has 1 aliphatic heterocycles. The second kappa shape index (κ2) is 10.1. The second-order valence-corrected chi connectivity index (χ2v) is 7.27. The van der Waals surface area contributed by atoms with Crippen LogP contribution in [-0.4, -0.2) is 48.3 Å². The zero-order valence-electron chi connectivity index (χ0n) is 17.5. The molecule has 7 nitrogen and oxygen atoms in total. The van der Waals surface area contributed by atoms with Gasteiger partial charge in [-0.1, -0.05) is 18.7 Å². The molecule has 1 aromatic carbocycles. The number of aromatic nitrogens is 1. The molecule has 30 heavy (non-hydrogen) atoms. The van der Waals surface area contributed by atoms with Gasteiger partial charge in [0.05, 0.1) is 13.2 Å². The number of pyridine rings is 1. The molecule has 0 unspecified atom stereocenters. The van der Waals surface area contributed by atoms with Gasteiger partial charge in [-0.25, -0.2) is 0 Å². The molecule has 2 aromatic rings. The topological polar surface area (TPSA) is 70.0 Å². The Morgan fingerprint density at radius 1 is 1.33 bits per heavy atom. The molecule has 1 fully saturated rings. The molecule has 1 atom stereocenters. The Balaban J connectivity index is 1.84. The zero-order chi connectivity index (χ0) is 21.5. The van der Waals surface area contributed by atoms with Crippen LogP contribution >= 0.6 is 0 Å². The normalized spacial score (nSPS) is 15.6. The van der Waals surface area contributed by atoms with Crippen molar-refractivity contribution in [1.82, 2.24) is 9.47 Å². The first-order valence-corrected chi connectivity index (χ1v) is 10.00. The summed E-state index contributed by atoms with van der Waals surface area (Å²) < 4.78 is 18.2. The quantitative estimate of drug-likeness (QED) is 0.593. The molecule has 1 amide bonds. The highest BCUT2D eigenvalue weighted by atomic mass is 16.5. The van der Waals surface area contributed by atoms with Gasteiger partial charge in [-0.05, 0) is 36.6 Å². The van der Waals surface area contributed by atoms with Crippen molar-refractivity contribution in [2.45, 2.75) is 25.5 Å². The maximum Gasteiger partial charge on any atom is 0.254 e. The monoisotopic (exact) mass is 412 g/mol. The van der Waals surface area contributed by atoms with Crippen LogP contribution < -0.4 is 15.0 Å². The van der Waals surface area contributed by atoms with Gasteiger partial charge in [-0.15, -0.1) is 0 Å². The standard InChI is InChI=1S/C23H28N2O5/c1-4-11-30-20-8-7-17(13-21(20)28-3)15-25(16-19-6-5-12-29-19)23(27)18-9-10-24(2)22(26)14-18/h4,7-10,13-14,19H,1,5-6,11-12,15-16H2,2-3H3/t19-/m0/s1. The molecular weight excluding hydrogens is 384 g/mol. The van der Waals surface area contributed by atoms with Crippen LogP contribution in [0.15, 0.2) is 54.0 Å². The van der Waals surface area contributed by atoms with Crippen molar-refractivity contribution in [1.29, 1.82) is 0 Å². The third-order valence-electron chi connectivity index (χ3n) is 5.04. The number of methoxy groups -OCH3 is 1. The van der Waals surface area contributed by atoms with Gasteiger partial charge >= 0.3 is 0 Å². The van der Waals surface area contributed by atoms with Crippen molar-refractivity contribution < 1.29 is 19.0 Å². The molecule has 0 spiro atoms. The molecule has 0 aliphatic carbocycles. The van der Waals surface area contributed by atoms with Crippen molar-refractivity contribution in [2.75, 3.05) is 26.9 Å². The summed E-state index contributed by atoms with van der Waals surface area (Å²) in [4.78, 5) is 27.0. The van der Waals surface area contributed by atoms with Crippen LogP contribution in [0, 0.1) is 0 Å². The number of carbonyl (C=O) groups is 1. The summed E-state index contributed by atoms with van der Waals surface area (Å²) in [6.07, 6.45) is 5.17. The van der Waals surface area contributed by atoms with Gasteiger partial charge in [0.1, 0.15) is 6.61 Å². The summed E-state index contributed by atoms with van der Waals surface area (Å²) in [6.45, 7) is 5.57. The number of rotatable bonds is 9. The Kier molecular flexibility index (Phi) is 7.30. The van der Waals surface area contributed by atoms with Crippen LogP contribution in [0.1, 0.15) is 28.8 Å². The van der Waals surface area contributed by atoms with E-state index in [1.165, 1.54) is 10.6 Å². The molecule has 1 aliphatic rings. The van der Waals surface area contributed by atoms with Crippen molar-refractivity contribution in [2.24, 2.45) is 7.05 Å². The number of aryl methyl sites for hydroxylation is 1.